The van der Waals surface area contributed by atoms with Crippen molar-refractivity contribution in [2.24, 2.45) is 0 Å². The van der Waals surface area contributed by atoms with Gasteiger partial charge in [-0.25, -0.2) is 0 Å². The van der Waals surface area contributed by atoms with Gasteiger partial charge in [-0.2, -0.15) is 5.26 Å². The van der Waals surface area contributed by atoms with Crippen LogP contribution in [0.25, 0.3) is 0 Å². The fourth-order valence-corrected chi connectivity index (χ4v) is 1.96. The van der Waals surface area contributed by atoms with Crippen LogP contribution < -0.4 is 5.32 Å². The van der Waals surface area contributed by atoms with Gasteiger partial charge in [-0.15, -0.1) is 0 Å². The number of aryl methyl sites for hydroxylation is 2. The number of hydrogen-bond acceptors (Lipinski definition) is 3. The average molecular weight is 258 g/mol. The fraction of sp³-hybridized carbons (Fsp3) is 0.143. The van der Waals surface area contributed by atoms with E-state index in [0.29, 0.717) is 16.3 Å². The van der Waals surface area contributed by atoms with Crippen LogP contribution in [0.2, 0.25) is 5.02 Å². The van der Waals surface area contributed by atoms with E-state index in [-0.39, 0.29) is 0 Å². The lowest BCUT2D eigenvalue weighted by molar-refractivity contribution is 1.11. The molecule has 2 rings (SSSR count). The standard InChI is InChI=1S/C14H12ClN3/c1-9-7-14(11(8-16)10(2)17-9)18-13-6-4-3-5-12(13)15/h3-7H,1-2H3,(H,17,18). The smallest absolute Gasteiger partial charge is 0.103 e. The number of hydrogen-bond donors (Lipinski definition) is 1. The van der Waals surface area contributed by atoms with Crippen molar-refractivity contribution in [2.45, 2.75) is 13.8 Å². The minimum atomic E-state index is 0.542. The molecule has 1 N–H and O–H groups in total. The van der Waals surface area contributed by atoms with Crippen LogP contribution in [0.15, 0.2) is 30.3 Å². The summed E-state index contributed by atoms with van der Waals surface area (Å²) in [5.74, 6) is 0. The summed E-state index contributed by atoms with van der Waals surface area (Å²) in [7, 11) is 0. The molecule has 0 radical (unpaired) electrons. The molecule has 1 aromatic carbocycles. The molecule has 0 fully saturated rings. The van der Waals surface area contributed by atoms with Gasteiger partial charge in [-0.3, -0.25) is 4.98 Å². The highest BCUT2D eigenvalue weighted by Gasteiger charge is 2.09. The second kappa shape index (κ2) is 5.07. The first-order valence-corrected chi connectivity index (χ1v) is 5.89. The highest BCUT2D eigenvalue weighted by atomic mass is 35.5. The SMILES string of the molecule is Cc1cc(Nc2ccccc2Cl)c(C#N)c(C)n1. The highest BCUT2D eigenvalue weighted by molar-refractivity contribution is 6.33. The maximum atomic E-state index is 9.17. The number of para-hydroxylation sites is 1. The molecule has 0 aliphatic carbocycles. The lowest BCUT2D eigenvalue weighted by Gasteiger charge is -2.11. The first kappa shape index (κ1) is 12.4. The Bertz CT molecular complexity index is 629. The van der Waals surface area contributed by atoms with Crippen molar-refractivity contribution in [1.29, 1.82) is 5.26 Å². The molecule has 4 heteroatoms. The van der Waals surface area contributed by atoms with Gasteiger partial charge in [0.1, 0.15) is 6.07 Å². The summed E-state index contributed by atoms with van der Waals surface area (Å²) >= 11 is 6.09. The summed E-state index contributed by atoms with van der Waals surface area (Å²) in [4.78, 5) is 4.27. The predicted molar refractivity (Wildman–Crippen MR) is 73.2 cm³/mol. The number of pyridine rings is 1. The Morgan fingerprint density at radius 3 is 2.61 bits per heavy atom. The molecule has 18 heavy (non-hydrogen) atoms. The molecule has 0 atom stereocenters. The minimum absolute atomic E-state index is 0.542. The van der Waals surface area contributed by atoms with Gasteiger partial charge in [-0.05, 0) is 32.0 Å². The Kier molecular flexibility index (Phi) is 3.50. The van der Waals surface area contributed by atoms with Crippen LogP contribution in [0.1, 0.15) is 17.0 Å². The van der Waals surface area contributed by atoms with Crippen LogP contribution in [0, 0.1) is 25.2 Å². The van der Waals surface area contributed by atoms with Crippen molar-refractivity contribution in [3.05, 3.63) is 52.3 Å². The van der Waals surface area contributed by atoms with Gasteiger partial charge in [-0.1, -0.05) is 23.7 Å². The molecule has 90 valence electrons. The number of rotatable bonds is 2. The maximum Gasteiger partial charge on any atom is 0.103 e. The zero-order valence-corrected chi connectivity index (χ0v) is 10.9. The van der Waals surface area contributed by atoms with Crippen molar-refractivity contribution in [1.82, 2.24) is 4.98 Å². The molecule has 3 nitrogen and oxygen atoms in total. The van der Waals surface area contributed by atoms with Gasteiger partial charge < -0.3 is 5.32 Å². The van der Waals surface area contributed by atoms with E-state index in [0.717, 1.165) is 17.1 Å². The topological polar surface area (TPSA) is 48.7 Å². The Balaban J connectivity index is 2.47. The summed E-state index contributed by atoms with van der Waals surface area (Å²) in [6.07, 6.45) is 0. The van der Waals surface area contributed by atoms with Crippen molar-refractivity contribution in [3.8, 4) is 6.07 Å². The summed E-state index contributed by atoms with van der Waals surface area (Å²) < 4.78 is 0. The van der Waals surface area contributed by atoms with Crippen molar-refractivity contribution in [3.63, 3.8) is 0 Å². The molecule has 0 saturated heterocycles. The Morgan fingerprint density at radius 1 is 1.22 bits per heavy atom. The highest BCUT2D eigenvalue weighted by Crippen LogP contribution is 2.27. The van der Waals surface area contributed by atoms with E-state index in [1.165, 1.54) is 0 Å². The summed E-state index contributed by atoms with van der Waals surface area (Å²) in [6, 6.07) is 11.4. The van der Waals surface area contributed by atoms with Crippen LogP contribution in [0.3, 0.4) is 0 Å². The van der Waals surface area contributed by atoms with E-state index in [1.807, 2.05) is 38.1 Å². The van der Waals surface area contributed by atoms with Crippen LogP contribution in [0.4, 0.5) is 11.4 Å². The Labute approximate surface area is 111 Å². The third-order valence-corrected chi connectivity index (χ3v) is 2.91. The molecule has 0 aliphatic heterocycles. The van der Waals surface area contributed by atoms with Crippen LogP contribution in [0.5, 0.6) is 0 Å². The molecule has 0 amide bonds. The molecule has 0 saturated carbocycles. The normalized spacial score (nSPS) is 9.89. The van der Waals surface area contributed by atoms with Crippen molar-refractivity contribution >= 4 is 23.0 Å². The van der Waals surface area contributed by atoms with Crippen molar-refractivity contribution in [2.75, 3.05) is 5.32 Å². The number of anilines is 2. The van der Waals surface area contributed by atoms with Gasteiger partial charge in [0.25, 0.3) is 0 Å². The molecule has 1 aromatic heterocycles. The molecule has 0 spiro atoms. The van der Waals surface area contributed by atoms with E-state index in [4.69, 9.17) is 11.6 Å². The maximum absolute atomic E-state index is 9.17. The molecule has 0 aliphatic rings. The fourth-order valence-electron chi connectivity index (χ4n) is 1.78. The van der Waals surface area contributed by atoms with Crippen molar-refractivity contribution < 1.29 is 0 Å². The zero-order valence-electron chi connectivity index (χ0n) is 10.2. The number of aromatic nitrogens is 1. The van der Waals surface area contributed by atoms with Crippen LogP contribution >= 0.6 is 11.6 Å². The second-order valence-electron chi connectivity index (χ2n) is 3.99. The van der Waals surface area contributed by atoms with Gasteiger partial charge in [0, 0.05) is 5.69 Å². The van der Waals surface area contributed by atoms with Crippen LogP contribution in [-0.2, 0) is 0 Å². The summed E-state index contributed by atoms with van der Waals surface area (Å²) in [5, 5.41) is 13.0. The molecular formula is C14H12ClN3. The minimum Gasteiger partial charge on any atom is -0.353 e. The largest absolute Gasteiger partial charge is 0.353 e. The monoisotopic (exact) mass is 257 g/mol. The van der Waals surface area contributed by atoms with Crippen LogP contribution in [-0.4, -0.2) is 4.98 Å². The van der Waals surface area contributed by atoms with E-state index in [2.05, 4.69) is 16.4 Å². The zero-order chi connectivity index (χ0) is 13.1. The van der Waals surface area contributed by atoms with E-state index < -0.39 is 0 Å². The lowest BCUT2D eigenvalue weighted by Crippen LogP contribution is -1.99. The first-order valence-electron chi connectivity index (χ1n) is 5.51. The molecular weight excluding hydrogens is 246 g/mol. The van der Waals surface area contributed by atoms with E-state index >= 15 is 0 Å². The summed E-state index contributed by atoms with van der Waals surface area (Å²) in [6.45, 7) is 3.72. The number of benzene rings is 1. The van der Waals surface area contributed by atoms with Gasteiger partial charge in [0.2, 0.25) is 0 Å². The third-order valence-electron chi connectivity index (χ3n) is 2.58. The van der Waals surface area contributed by atoms with Gasteiger partial charge >= 0.3 is 0 Å². The first-order chi connectivity index (χ1) is 8.61. The Morgan fingerprint density at radius 2 is 1.94 bits per heavy atom. The quantitative estimate of drug-likeness (QED) is 0.886. The number of nitrogens with one attached hydrogen (secondary N) is 1. The molecule has 0 bridgehead atoms. The second-order valence-corrected chi connectivity index (χ2v) is 4.40. The molecule has 1 heterocycles. The molecule has 2 aromatic rings. The number of nitriles is 1. The number of nitrogens with zero attached hydrogens (tertiary/aromatic N) is 2. The van der Waals surface area contributed by atoms with E-state index in [9.17, 15) is 5.26 Å². The average Bonchev–Trinajstić information content (AvgIpc) is 2.31. The van der Waals surface area contributed by atoms with Gasteiger partial charge in [0.05, 0.1) is 27.7 Å². The third kappa shape index (κ3) is 2.44. The summed E-state index contributed by atoms with van der Waals surface area (Å²) in [5.41, 5.74) is 3.63. The lowest BCUT2D eigenvalue weighted by atomic mass is 10.1. The molecule has 0 unspecified atom stereocenters. The van der Waals surface area contributed by atoms with E-state index in [1.54, 1.807) is 6.07 Å². The number of halogens is 1. The predicted octanol–water partition coefficient (Wildman–Crippen LogP) is 3.97. The Hall–Kier alpha value is -2.05. The van der Waals surface area contributed by atoms with Gasteiger partial charge in [0.15, 0.2) is 0 Å².